The Morgan fingerprint density at radius 2 is 1.57 bits per heavy atom. The fourth-order valence-electron chi connectivity index (χ4n) is 2.95. The predicted molar refractivity (Wildman–Crippen MR) is 89.8 cm³/mol. The van der Waals surface area contributed by atoms with Crippen LogP contribution in [0.3, 0.4) is 0 Å². The number of halogens is 2. The highest BCUT2D eigenvalue weighted by Gasteiger charge is 2.26. The molecule has 0 heterocycles. The first-order valence-corrected chi connectivity index (χ1v) is 9.98. The summed E-state index contributed by atoms with van der Waals surface area (Å²) in [5.41, 5.74) is 0. The Balaban J connectivity index is 2.25. The van der Waals surface area contributed by atoms with Gasteiger partial charge in [-0.25, -0.2) is 13.6 Å². The van der Waals surface area contributed by atoms with Crippen LogP contribution in [0.2, 0.25) is 0 Å². The van der Waals surface area contributed by atoms with Crippen molar-refractivity contribution in [2.75, 3.05) is 0 Å². The van der Waals surface area contributed by atoms with Gasteiger partial charge in [0.25, 0.3) is 0 Å². The summed E-state index contributed by atoms with van der Waals surface area (Å²) in [4.78, 5) is 0.0546. The van der Waals surface area contributed by atoms with E-state index in [1.807, 2.05) is 0 Å². The maximum absolute atomic E-state index is 11.4. The molecule has 1 fully saturated rings. The summed E-state index contributed by atoms with van der Waals surface area (Å²) in [6, 6.07) is 2.95. The molecular formula is C14H19Br2NO3S. The molecule has 2 rings (SSSR count). The van der Waals surface area contributed by atoms with E-state index in [0.717, 1.165) is 12.8 Å². The maximum Gasteiger partial charge on any atom is 0.238 e. The summed E-state index contributed by atoms with van der Waals surface area (Å²) < 4.78 is 30.1. The largest absolute Gasteiger partial charge is 0.488 e. The summed E-state index contributed by atoms with van der Waals surface area (Å²) in [5.74, 6) is 1.91. The van der Waals surface area contributed by atoms with Gasteiger partial charge in [-0.15, -0.1) is 0 Å². The number of hydrogen-bond donors (Lipinski definition) is 1. The fourth-order valence-corrected chi connectivity index (χ4v) is 5.19. The van der Waals surface area contributed by atoms with Crippen molar-refractivity contribution in [3.05, 3.63) is 21.1 Å². The van der Waals surface area contributed by atoms with E-state index in [9.17, 15) is 8.42 Å². The Morgan fingerprint density at radius 3 is 2.00 bits per heavy atom. The molecule has 0 spiro atoms. The van der Waals surface area contributed by atoms with E-state index in [4.69, 9.17) is 9.88 Å². The van der Waals surface area contributed by atoms with E-state index in [0.29, 0.717) is 26.5 Å². The summed E-state index contributed by atoms with van der Waals surface area (Å²) in [6.45, 7) is 4.47. The van der Waals surface area contributed by atoms with E-state index in [1.165, 1.54) is 18.6 Å². The number of nitrogens with two attached hydrogens (primary N) is 1. The van der Waals surface area contributed by atoms with Crippen molar-refractivity contribution in [2.45, 2.75) is 44.1 Å². The summed E-state index contributed by atoms with van der Waals surface area (Å²) in [7, 11) is -3.73. The van der Waals surface area contributed by atoms with Gasteiger partial charge in [-0.3, -0.25) is 0 Å². The highest BCUT2D eigenvalue weighted by atomic mass is 79.9. The molecular weight excluding hydrogens is 422 g/mol. The molecule has 0 aromatic heterocycles. The van der Waals surface area contributed by atoms with Crippen molar-refractivity contribution < 1.29 is 13.2 Å². The standard InChI is InChI=1S/C14H19Br2NO3S/c1-8-3-9(2)5-10(4-8)20-14-12(15)6-11(7-13(14)16)21(17,18)19/h6-10H,3-5H2,1-2H3,(H2,17,18,19). The zero-order valence-corrected chi connectivity index (χ0v) is 16.0. The van der Waals surface area contributed by atoms with Gasteiger partial charge in [0.05, 0.1) is 19.9 Å². The molecule has 1 aliphatic carbocycles. The van der Waals surface area contributed by atoms with Gasteiger partial charge in [-0.2, -0.15) is 0 Å². The van der Waals surface area contributed by atoms with Gasteiger partial charge in [0.2, 0.25) is 10.0 Å². The summed E-state index contributed by atoms with van der Waals surface area (Å²) >= 11 is 6.74. The number of sulfonamides is 1. The molecule has 7 heteroatoms. The number of rotatable bonds is 3. The Hall–Kier alpha value is -0.110. The fraction of sp³-hybridized carbons (Fsp3) is 0.571. The second-order valence-electron chi connectivity index (χ2n) is 5.92. The number of benzene rings is 1. The van der Waals surface area contributed by atoms with Crippen LogP contribution in [0.25, 0.3) is 0 Å². The van der Waals surface area contributed by atoms with Gasteiger partial charge < -0.3 is 4.74 Å². The molecule has 2 unspecified atom stereocenters. The molecule has 1 aliphatic rings. The van der Waals surface area contributed by atoms with Gasteiger partial charge in [-0.05, 0) is 75.1 Å². The highest BCUT2D eigenvalue weighted by Crippen LogP contribution is 2.39. The number of ether oxygens (including phenoxy) is 1. The van der Waals surface area contributed by atoms with Crippen molar-refractivity contribution in [3.63, 3.8) is 0 Å². The average Bonchev–Trinajstić information content (AvgIpc) is 2.31. The van der Waals surface area contributed by atoms with Crippen LogP contribution in [-0.4, -0.2) is 14.5 Å². The first-order chi connectivity index (χ1) is 9.66. The lowest BCUT2D eigenvalue weighted by atomic mass is 9.82. The molecule has 2 N–H and O–H groups in total. The molecule has 4 nitrogen and oxygen atoms in total. The van der Waals surface area contributed by atoms with Crippen LogP contribution in [0.15, 0.2) is 26.0 Å². The van der Waals surface area contributed by atoms with Crippen LogP contribution >= 0.6 is 31.9 Å². The van der Waals surface area contributed by atoms with Gasteiger partial charge in [0, 0.05) is 0 Å². The van der Waals surface area contributed by atoms with Crippen molar-refractivity contribution in [1.29, 1.82) is 0 Å². The third-order valence-corrected chi connectivity index (χ3v) is 5.79. The normalized spacial score (nSPS) is 26.6. The monoisotopic (exact) mass is 439 g/mol. The zero-order chi connectivity index (χ0) is 15.8. The third kappa shape index (κ3) is 4.43. The minimum Gasteiger partial charge on any atom is -0.488 e. The molecule has 1 aromatic rings. The predicted octanol–water partition coefficient (Wildman–Crippen LogP) is 4.06. The molecule has 0 bridgehead atoms. The minimum absolute atomic E-state index is 0.0546. The first kappa shape index (κ1) is 17.2. The van der Waals surface area contributed by atoms with E-state index in [-0.39, 0.29) is 11.0 Å². The molecule has 1 aromatic carbocycles. The van der Waals surface area contributed by atoms with Crippen LogP contribution in [0.1, 0.15) is 33.1 Å². The highest BCUT2D eigenvalue weighted by molar-refractivity contribution is 9.11. The van der Waals surface area contributed by atoms with Crippen molar-refractivity contribution in [1.82, 2.24) is 0 Å². The summed E-state index contributed by atoms with van der Waals surface area (Å²) in [5, 5.41) is 5.16. The smallest absolute Gasteiger partial charge is 0.238 e. The molecule has 0 radical (unpaired) electrons. The van der Waals surface area contributed by atoms with Crippen LogP contribution in [0.4, 0.5) is 0 Å². The minimum atomic E-state index is -3.73. The number of primary sulfonamides is 1. The third-order valence-electron chi connectivity index (χ3n) is 3.72. The van der Waals surface area contributed by atoms with Crippen molar-refractivity contribution in [2.24, 2.45) is 17.0 Å². The van der Waals surface area contributed by atoms with Crippen LogP contribution in [0, 0.1) is 11.8 Å². The molecule has 0 saturated heterocycles. The average molecular weight is 441 g/mol. The SMILES string of the molecule is CC1CC(C)CC(Oc2c(Br)cc(S(N)(=O)=O)cc2Br)C1. The summed E-state index contributed by atoms with van der Waals surface area (Å²) in [6.07, 6.45) is 3.41. The quantitative estimate of drug-likeness (QED) is 0.770. The Bertz CT molecular complexity index is 600. The Labute approximate surface area is 142 Å². The van der Waals surface area contributed by atoms with E-state index in [2.05, 4.69) is 45.7 Å². The number of hydrogen-bond acceptors (Lipinski definition) is 3. The molecule has 0 amide bonds. The van der Waals surface area contributed by atoms with Crippen LogP contribution in [-0.2, 0) is 10.0 Å². The van der Waals surface area contributed by atoms with Gasteiger partial charge >= 0.3 is 0 Å². The molecule has 118 valence electrons. The first-order valence-electron chi connectivity index (χ1n) is 6.85. The Morgan fingerprint density at radius 1 is 1.10 bits per heavy atom. The van der Waals surface area contributed by atoms with Crippen molar-refractivity contribution in [3.8, 4) is 5.75 Å². The molecule has 0 aliphatic heterocycles. The molecule has 21 heavy (non-hydrogen) atoms. The van der Waals surface area contributed by atoms with Crippen LogP contribution < -0.4 is 9.88 Å². The second kappa shape index (κ2) is 6.56. The molecule has 2 atom stereocenters. The van der Waals surface area contributed by atoms with Crippen LogP contribution in [0.5, 0.6) is 5.75 Å². The van der Waals surface area contributed by atoms with E-state index < -0.39 is 10.0 Å². The topological polar surface area (TPSA) is 69.4 Å². The lowest BCUT2D eigenvalue weighted by molar-refractivity contribution is 0.0995. The lowest BCUT2D eigenvalue weighted by Crippen LogP contribution is -2.28. The van der Waals surface area contributed by atoms with Crippen molar-refractivity contribution >= 4 is 41.9 Å². The Kier molecular flexibility index (Phi) is 5.39. The van der Waals surface area contributed by atoms with E-state index >= 15 is 0 Å². The van der Waals surface area contributed by atoms with E-state index in [1.54, 1.807) is 0 Å². The van der Waals surface area contributed by atoms with Gasteiger partial charge in [-0.1, -0.05) is 13.8 Å². The lowest BCUT2D eigenvalue weighted by Gasteiger charge is -2.32. The van der Waals surface area contributed by atoms with Gasteiger partial charge in [0.15, 0.2) is 0 Å². The molecule has 1 saturated carbocycles. The van der Waals surface area contributed by atoms with Gasteiger partial charge in [0.1, 0.15) is 5.75 Å². The zero-order valence-electron chi connectivity index (χ0n) is 12.0. The maximum atomic E-state index is 11.4. The second-order valence-corrected chi connectivity index (χ2v) is 9.19.